The molecule has 20 heavy (non-hydrogen) atoms. The van der Waals surface area contributed by atoms with Crippen LogP contribution in [0.1, 0.15) is 23.7 Å². The van der Waals surface area contributed by atoms with Gasteiger partial charge in [0, 0.05) is 25.0 Å². The van der Waals surface area contributed by atoms with Crippen LogP contribution in [0, 0.1) is 13.8 Å². The van der Waals surface area contributed by atoms with E-state index in [-0.39, 0.29) is 13.1 Å². The number of hydrogen-bond donors (Lipinski definition) is 1. The summed E-state index contributed by atoms with van der Waals surface area (Å²) in [6, 6.07) is 1.12. The standard InChI is InChI=1S/C13H18F3N3O/c1-4-19(8-13(14,15)16)12(20)18-7-11-5-9(2)10(3)17-6-11/h5-6H,4,7-8H2,1-3H3,(H,18,20). The maximum atomic E-state index is 12.3. The van der Waals surface area contributed by atoms with Crippen LogP contribution >= 0.6 is 0 Å². The molecule has 0 bridgehead atoms. The third-order valence-electron chi connectivity index (χ3n) is 2.88. The van der Waals surface area contributed by atoms with E-state index in [1.807, 2.05) is 19.9 Å². The van der Waals surface area contributed by atoms with E-state index in [1.54, 1.807) is 6.20 Å². The third kappa shape index (κ3) is 5.07. The highest BCUT2D eigenvalue weighted by atomic mass is 19.4. The molecule has 0 aliphatic heterocycles. The number of nitrogens with zero attached hydrogens (tertiary/aromatic N) is 2. The van der Waals surface area contributed by atoms with E-state index < -0.39 is 18.8 Å². The molecule has 0 aliphatic carbocycles. The Balaban J connectivity index is 2.59. The minimum Gasteiger partial charge on any atom is -0.334 e. The van der Waals surface area contributed by atoms with Crippen LogP contribution in [0.2, 0.25) is 0 Å². The van der Waals surface area contributed by atoms with Gasteiger partial charge in [0.05, 0.1) is 0 Å². The first-order chi connectivity index (χ1) is 9.23. The molecule has 2 amide bonds. The molecule has 112 valence electrons. The van der Waals surface area contributed by atoms with Crippen LogP contribution in [-0.4, -0.2) is 35.2 Å². The molecule has 7 heteroatoms. The molecule has 1 aromatic rings. The average molecular weight is 289 g/mol. The molecule has 0 atom stereocenters. The Kier molecular flexibility index (Phi) is 5.35. The predicted octanol–water partition coefficient (Wildman–Crippen LogP) is 2.79. The van der Waals surface area contributed by atoms with Crippen molar-refractivity contribution in [1.29, 1.82) is 0 Å². The van der Waals surface area contributed by atoms with Crippen LogP contribution in [0.5, 0.6) is 0 Å². The zero-order valence-corrected chi connectivity index (χ0v) is 11.7. The molecule has 4 nitrogen and oxygen atoms in total. The minimum atomic E-state index is -4.39. The van der Waals surface area contributed by atoms with Crippen LogP contribution in [-0.2, 0) is 6.54 Å². The van der Waals surface area contributed by atoms with Crippen molar-refractivity contribution in [2.75, 3.05) is 13.1 Å². The number of hydrogen-bond acceptors (Lipinski definition) is 2. The third-order valence-corrected chi connectivity index (χ3v) is 2.88. The fourth-order valence-electron chi connectivity index (χ4n) is 1.63. The summed E-state index contributed by atoms with van der Waals surface area (Å²) in [6.07, 6.45) is -2.79. The highest BCUT2D eigenvalue weighted by Gasteiger charge is 2.32. The highest BCUT2D eigenvalue weighted by Crippen LogP contribution is 2.16. The summed E-state index contributed by atoms with van der Waals surface area (Å²) in [5.41, 5.74) is 2.61. The smallest absolute Gasteiger partial charge is 0.334 e. The molecule has 0 spiro atoms. The van der Waals surface area contributed by atoms with Gasteiger partial charge in [0.15, 0.2) is 0 Å². The van der Waals surface area contributed by atoms with Crippen LogP contribution in [0.25, 0.3) is 0 Å². The number of urea groups is 1. The van der Waals surface area contributed by atoms with Gasteiger partial charge in [-0.3, -0.25) is 4.98 Å². The fraction of sp³-hybridized carbons (Fsp3) is 0.538. The number of pyridine rings is 1. The Morgan fingerprint density at radius 2 is 2.05 bits per heavy atom. The minimum absolute atomic E-state index is 0.00345. The van der Waals surface area contributed by atoms with E-state index in [9.17, 15) is 18.0 Å². The van der Waals surface area contributed by atoms with E-state index in [0.717, 1.165) is 16.8 Å². The molecule has 1 aromatic heterocycles. The number of carbonyl (C=O) groups is 1. The van der Waals surface area contributed by atoms with Crippen molar-refractivity contribution in [2.24, 2.45) is 0 Å². The first-order valence-electron chi connectivity index (χ1n) is 6.24. The summed E-state index contributed by atoms with van der Waals surface area (Å²) in [7, 11) is 0. The van der Waals surface area contributed by atoms with Crippen molar-refractivity contribution in [3.05, 3.63) is 29.1 Å². The van der Waals surface area contributed by atoms with Gasteiger partial charge >= 0.3 is 12.2 Å². The molecule has 0 saturated carbocycles. The van der Waals surface area contributed by atoms with Crippen molar-refractivity contribution in [3.63, 3.8) is 0 Å². The Bertz CT molecular complexity index is 474. The van der Waals surface area contributed by atoms with Gasteiger partial charge in [-0.1, -0.05) is 6.07 Å². The van der Waals surface area contributed by atoms with Crippen molar-refractivity contribution in [3.8, 4) is 0 Å². The van der Waals surface area contributed by atoms with Gasteiger partial charge in [-0.05, 0) is 31.9 Å². The fourth-order valence-corrected chi connectivity index (χ4v) is 1.63. The second-order valence-electron chi connectivity index (χ2n) is 4.53. The molecular weight excluding hydrogens is 271 g/mol. The lowest BCUT2D eigenvalue weighted by Crippen LogP contribution is -2.44. The van der Waals surface area contributed by atoms with Crippen LogP contribution < -0.4 is 5.32 Å². The lowest BCUT2D eigenvalue weighted by molar-refractivity contribution is -0.139. The van der Waals surface area contributed by atoms with Gasteiger partial charge in [-0.25, -0.2) is 4.79 Å². The largest absolute Gasteiger partial charge is 0.406 e. The summed E-state index contributed by atoms with van der Waals surface area (Å²) in [6.45, 7) is 4.15. The summed E-state index contributed by atoms with van der Waals surface area (Å²) < 4.78 is 36.8. The molecule has 1 heterocycles. The van der Waals surface area contributed by atoms with E-state index in [0.29, 0.717) is 4.90 Å². The van der Waals surface area contributed by atoms with Crippen molar-refractivity contribution >= 4 is 6.03 Å². The zero-order valence-electron chi connectivity index (χ0n) is 11.7. The second-order valence-corrected chi connectivity index (χ2v) is 4.53. The van der Waals surface area contributed by atoms with Gasteiger partial charge in [-0.2, -0.15) is 13.2 Å². The van der Waals surface area contributed by atoms with Gasteiger partial charge in [-0.15, -0.1) is 0 Å². The van der Waals surface area contributed by atoms with Crippen molar-refractivity contribution in [1.82, 2.24) is 15.2 Å². The number of amides is 2. The first kappa shape index (κ1) is 16.3. The molecule has 0 fully saturated rings. The van der Waals surface area contributed by atoms with Gasteiger partial charge < -0.3 is 10.2 Å². The Labute approximate surface area is 116 Å². The molecular formula is C13H18F3N3O. The van der Waals surface area contributed by atoms with E-state index in [4.69, 9.17) is 0 Å². The quantitative estimate of drug-likeness (QED) is 0.926. The number of aromatic nitrogens is 1. The van der Waals surface area contributed by atoms with Gasteiger partial charge in [0.25, 0.3) is 0 Å². The normalized spacial score (nSPS) is 11.3. The molecule has 0 radical (unpaired) electrons. The number of carbonyl (C=O) groups excluding carboxylic acids is 1. The number of alkyl halides is 3. The topological polar surface area (TPSA) is 45.2 Å². The molecule has 0 unspecified atom stereocenters. The summed E-state index contributed by atoms with van der Waals surface area (Å²) in [5.74, 6) is 0. The lowest BCUT2D eigenvalue weighted by Gasteiger charge is -2.22. The highest BCUT2D eigenvalue weighted by molar-refractivity contribution is 5.74. The molecule has 0 aromatic carbocycles. The van der Waals surface area contributed by atoms with Crippen LogP contribution in [0.3, 0.4) is 0 Å². The van der Waals surface area contributed by atoms with E-state index >= 15 is 0 Å². The summed E-state index contributed by atoms with van der Waals surface area (Å²) >= 11 is 0. The molecule has 1 rings (SSSR count). The Hall–Kier alpha value is -1.79. The maximum absolute atomic E-state index is 12.3. The van der Waals surface area contributed by atoms with Crippen LogP contribution in [0.15, 0.2) is 12.3 Å². The van der Waals surface area contributed by atoms with Gasteiger partial charge in [0.2, 0.25) is 0 Å². The molecule has 0 aliphatic rings. The number of nitrogens with one attached hydrogen (secondary N) is 1. The Morgan fingerprint density at radius 1 is 1.40 bits per heavy atom. The predicted molar refractivity (Wildman–Crippen MR) is 69.2 cm³/mol. The van der Waals surface area contributed by atoms with Gasteiger partial charge in [0.1, 0.15) is 6.54 Å². The number of aryl methyl sites for hydroxylation is 2. The van der Waals surface area contributed by atoms with Crippen molar-refractivity contribution < 1.29 is 18.0 Å². The summed E-state index contributed by atoms with van der Waals surface area (Å²) in [4.78, 5) is 16.5. The number of halogens is 3. The van der Waals surface area contributed by atoms with E-state index in [2.05, 4.69) is 10.3 Å². The van der Waals surface area contributed by atoms with Crippen molar-refractivity contribution in [2.45, 2.75) is 33.5 Å². The van der Waals surface area contributed by atoms with E-state index in [1.165, 1.54) is 6.92 Å². The molecule has 0 saturated heterocycles. The molecule has 1 N–H and O–H groups in total. The summed E-state index contributed by atoms with van der Waals surface area (Å²) in [5, 5.41) is 2.47. The monoisotopic (exact) mass is 289 g/mol. The Morgan fingerprint density at radius 3 is 2.55 bits per heavy atom. The van der Waals surface area contributed by atoms with Crippen LogP contribution in [0.4, 0.5) is 18.0 Å². The SMILES string of the molecule is CCN(CC(F)(F)F)C(=O)NCc1cnc(C)c(C)c1. The lowest BCUT2D eigenvalue weighted by atomic mass is 10.1. The number of rotatable bonds is 4. The maximum Gasteiger partial charge on any atom is 0.406 e. The second kappa shape index (κ2) is 6.58. The average Bonchev–Trinajstić information content (AvgIpc) is 2.36. The first-order valence-corrected chi connectivity index (χ1v) is 6.24. The zero-order chi connectivity index (χ0) is 15.3.